The molecule has 0 rings (SSSR count). The van der Waals surface area contributed by atoms with Crippen molar-refractivity contribution in [1.82, 2.24) is 42.5 Å². The summed E-state index contributed by atoms with van der Waals surface area (Å²) < 4.78 is 0. The average molecular weight is 1070 g/mol. The number of hydrogen-bond acceptors (Lipinski definition) is 15. The second-order valence-corrected chi connectivity index (χ2v) is 19.1. The quantitative estimate of drug-likeness (QED) is 0.0131. The van der Waals surface area contributed by atoms with Crippen molar-refractivity contribution in [3.05, 3.63) is 0 Å². The van der Waals surface area contributed by atoms with Gasteiger partial charge in [-0.25, -0.2) is 4.79 Å². The number of carboxylic acids is 2. The summed E-state index contributed by atoms with van der Waals surface area (Å²) in [7, 11) is 0. The van der Waals surface area contributed by atoms with Crippen molar-refractivity contribution in [1.29, 1.82) is 0 Å². The number of guanidine groups is 1. The number of aliphatic hydroxyl groups is 1. The first-order valence-electron chi connectivity index (χ1n) is 25.4. The van der Waals surface area contributed by atoms with Crippen molar-refractivity contribution in [3.63, 3.8) is 0 Å². The zero-order valence-electron chi connectivity index (χ0n) is 44.2. The van der Waals surface area contributed by atoms with Crippen LogP contribution in [0.2, 0.25) is 0 Å². The van der Waals surface area contributed by atoms with Crippen molar-refractivity contribution in [2.45, 2.75) is 180 Å². The van der Waals surface area contributed by atoms with Gasteiger partial charge in [-0.05, 0) is 62.3 Å². The minimum absolute atomic E-state index is 0.0252. The van der Waals surface area contributed by atoms with Crippen LogP contribution in [0.4, 0.5) is 0 Å². The van der Waals surface area contributed by atoms with Gasteiger partial charge in [-0.3, -0.25) is 48.1 Å². The molecule has 0 aromatic carbocycles. The summed E-state index contributed by atoms with van der Waals surface area (Å²) in [6.45, 7) is 13.1. The molecule has 0 heterocycles. The van der Waals surface area contributed by atoms with Crippen LogP contribution in [-0.4, -0.2) is 160 Å². The van der Waals surface area contributed by atoms with E-state index in [0.29, 0.717) is 45.1 Å². The molecule has 26 nitrogen and oxygen atoms in total. The Bertz CT molecular complexity index is 1880. The molecule has 0 saturated carbocycles. The Morgan fingerprint density at radius 1 is 0.500 bits per heavy atom. The van der Waals surface area contributed by atoms with Gasteiger partial charge in [0.1, 0.15) is 48.3 Å². The monoisotopic (exact) mass is 1070 g/mol. The third-order valence-corrected chi connectivity index (χ3v) is 13.3. The maximum absolute atomic E-state index is 14.3. The Morgan fingerprint density at radius 2 is 0.865 bits per heavy atom. The van der Waals surface area contributed by atoms with E-state index >= 15 is 0 Å². The molecule has 0 spiro atoms. The van der Waals surface area contributed by atoms with Crippen LogP contribution in [0.15, 0.2) is 4.99 Å². The van der Waals surface area contributed by atoms with E-state index in [1.54, 1.807) is 48.5 Å². The van der Waals surface area contributed by atoms with Gasteiger partial charge >= 0.3 is 11.9 Å². The number of unbranched alkanes of at least 4 members (excludes halogenated alkanes) is 1. The van der Waals surface area contributed by atoms with Gasteiger partial charge in [-0.2, -0.15) is 12.6 Å². The van der Waals surface area contributed by atoms with Crippen LogP contribution in [-0.2, 0) is 47.9 Å². The molecule has 0 unspecified atom stereocenters. The highest BCUT2D eigenvalue weighted by Crippen LogP contribution is 2.16. The normalized spacial score (nSPS) is 16.4. The predicted molar refractivity (Wildman–Crippen MR) is 280 cm³/mol. The highest BCUT2D eigenvalue weighted by atomic mass is 32.1. The van der Waals surface area contributed by atoms with E-state index in [2.05, 4.69) is 60.2 Å². The fraction of sp³-hybridized carbons (Fsp3) is 0.766. The van der Waals surface area contributed by atoms with Crippen molar-refractivity contribution < 1.29 is 63.3 Å². The van der Waals surface area contributed by atoms with E-state index in [1.165, 1.54) is 0 Å². The van der Waals surface area contributed by atoms with Gasteiger partial charge in [0.05, 0.1) is 12.6 Å². The Morgan fingerprint density at radius 3 is 1.20 bits per heavy atom. The maximum atomic E-state index is 14.3. The molecular formula is C47H87N13O13S. The van der Waals surface area contributed by atoms with Gasteiger partial charge in [-0.15, -0.1) is 0 Å². The highest BCUT2D eigenvalue weighted by Gasteiger charge is 2.38. The summed E-state index contributed by atoms with van der Waals surface area (Å²) >= 11 is 4.30. The number of thiol groups is 1. The number of rotatable bonds is 38. The lowest BCUT2D eigenvalue weighted by Gasteiger charge is -2.31. The van der Waals surface area contributed by atoms with E-state index in [0.717, 1.165) is 0 Å². The molecule has 8 amide bonds. The van der Waals surface area contributed by atoms with Crippen molar-refractivity contribution >= 4 is 77.8 Å². The molecule has 0 aliphatic heterocycles. The van der Waals surface area contributed by atoms with Gasteiger partial charge in [0, 0.05) is 18.7 Å². The second-order valence-electron chi connectivity index (χ2n) is 18.7. The fourth-order valence-corrected chi connectivity index (χ4v) is 7.46. The number of carboxylic acid groups (broad SMARTS) is 2. The smallest absolute Gasteiger partial charge is 0.328 e. The van der Waals surface area contributed by atoms with Crippen molar-refractivity contribution in [3.8, 4) is 0 Å². The number of carbonyl (C=O) groups is 10. The van der Waals surface area contributed by atoms with Crippen LogP contribution in [0, 0.1) is 23.7 Å². The summed E-state index contributed by atoms with van der Waals surface area (Å²) in [6, 6.07) is -12.0. The molecule has 0 fully saturated rings. The summed E-state index contributed by atoms with van der Waals surface area (Å²) in [5.74, 6) is -12.1. The first-order valence-corrected chi connectivity index (χ1v) is 26.0. The van der Waals surface area contributed by atoms with Crippen LogP contribution < -0.4 is 65.5 Å². The zero-order chi connectivity index (χ0) is 56.8. The minimum atomic E-state index is -1.70. The number of nitrogens with two attached hydrogens (primary N) is 4. The Kier molecular flexibility index (Phi) is 33.4. The lowest BCUT2D eigenvalue weighted by atomic mass is 9.95. The van der Waals surface area contributed by atoms with Gasteiger partial charge in [0.15, 0.2) is 5.96 Å². The summed E-state index contributed by atoms with van der Waals surface area (Å²) in [6.07, 6.45) is 1.99. The third kappa shape index (κ3) is 24.5. The van der Waals surface area contributed by atoms with Crippen LogP contribution in [0.25, 0.3) is 0 Å². The molecule has 0 radical (unpaired) electrons. The summed E-state index contributed by atoms with van der Waals surface area (Å²) in [5.41, 5.74) is 22.7. The van der Waals surface area contributed by atoms with Gasteiger partial charge < -0.3 is 80.8 Å². The number of aliphatic imine (C=N–C) groups is 1. The first-order chi connectivity index (χ1) is 34.8. The van der Waals surface area contributed by atoms with E-state index in [-0.39, 0.29) is 43.4 Å². The first kappa shape index (κ1) is 68.2. The van der Waals surface area contributed by atoms with Gasteiger partial charge in [-0.1, -0.05) is 87.5 Å². The van der Waals surface area contributed by atoms with Crippen molar-refractivity contribution in [2.75, 3.05) is 25.4 Å². The standard InChI is InChI=1S/C47H87N13O13S/c1-9-24(5)34(57-38(64)28(49)16-13-14-20-48)45(71)56-32(23-74)41(67)60-36(26(7)11-3)42(68)53-29(17-15-21-52-47(50)51)39(65)58-35(25(6)10-2)43(69)54-30(18-19-33(62)63)40(66)59-37(27(8)12-4)44(70)55-31(22-61)46(72)73/h24-32,34-37,61,74H,9-23,48-49H2,1-8H3,(H,53,68)(H,54,69)(H,55,70)(H,56,71)(H,57,64)(H,58,65)(H,59,66)(H,60,67)(H,62,63)(H,72,73)(H4,50,51,52)/t24-,25-,26-,27-,28-,29-,30-,31-,32-,34-,35-,36-,37-/m0/s1. The SMILES string of the molecule is CC[C@H](C)[C@H](NC(=O)[C@H](CCC(=O)O)NC(=O)[C@@H](NC(=O)[C@H](CCCN=C(N)N)NC(=O)[C@@H](NC(=O)[C@H](CS)NC(=O)[C@@H](NC(=O)[C@@H](N)CCCCN)[C@@H](C)CC)[C@@H](C)CC)[C@@H](C)CC)C(=O)N[C@@H](CO)C(=O)O. The lowest BCUT2D eigenvalue weighted by molar-refractivity contribution is -0.143. The van der Waals surface area contributed by atoms with Crippen LogP contribution in [0.1, 0.15) is 126 Å². The number of carbonyl (C=O) groups excluding carboxylic acids is 8. The number of amides is 8. The summed E-state index contributed by atoms with van der Waals surface area (Å²) in [4.78, 5) is 138. The molecule has 19 N–H and O–H groups in total. The van der Waals surface area contributed by atoms with Gasteiger partial charge in [0.2, 0.25) is 47.3 Å². The van der Waals surface area contributed by atoms with E-state index in [9.17, 15) is 63.3 Å². The third-order valence-electron chi connectivity index (χ3n) is 12.9. The molecule has 0 aromatic rings. The Labute approximate surface area is 439 Å². The molecule has 0 aliphatic rings. The molecule has 27 heteroatoms. The molecule has 0 aliphatic carbocycles. The average Bonchev–Trinajstić information content (AvgIpc) is 3.36. The molecule has 0 aromatic heterocycles. The van der Waals surface area contributed by atoms with E-state index < -0.39 is 151 Å². The van der Waals surface area contributed by atoms with Crippen molar-refractivity contribution in [2.24, 2.45) is 51.6 Å². The highest BCUT2D eigenvalue weighted by molar-refractivity contribution is 7.80. The number of nitrogens with zero attached hydrogens (tertiary/aromatic N) is 1. The van der Waals surface area contributed by atoms with Crippen LogP contribution >= 0.6 is 12.6 Å². The number of aliphatic carboxylic acids is 2. The molecule has 0 bridgehead atoms. The van der Waals surface area contributed by atoms with Crippen LogP contribution in [0.3, 0.4) is 0 Å². The number of aliphatic hydroxyl groups excluding tert-OH is 1. The Hall–Kier alpha value is -5.80. The largest absolute Gasteiger partial charge is 0.481 e. The van der Waals surface area contributed by atoms with E-state index in [4.69, 9.17) is 22.9 Å². The lowest BCUT2D eigenvalue weighted by Crippen LogP contribution is -2.62. The zero-order valence-corrected chi connectivity index (χ0v) is 45.1. The summed E-state index contributed by atoms with van der Waals surface area (Å²) in [5, 5.41) is 48.8. The molecule has 13 atom stereocenters. The minimum Gasteiger partial charge on any atom is -0.481 e. The number of hydrogen-bond donors (Lipinski definition) is 16. The molecule has 74 heavy (non-hydrogen) atoms. The molecule has 424 valence electrons. The second kappa shape index (κ2) is 36.2. The molecular weight excluding hydrogens is 987 g/mol. The number of nitrogens with one attached hydrogen (secondary N) is 8. The fourth-order valence-electron chi connectivity index (χ4n) is 7.20. The predicted octanol–water partition coefficient (Wildman–Crippen LogP) is -2.57. The Balaban J connectivity index is 6.81. The van der Waals surface area contributed by atoms with Gasteiger partial charge in [0.25, 0.3) is 0 Å². The topological polar surface area (TPSA) is 444 Å². The maximum Gasteiger partial charge on any atom is 0.328 e. The van der Waals surface area contributed by atoms with E-state index in [1.807, 2.05) is 6.92 Å². The van der Waals surface area contributed by atoms with Crippen LogP contribution in [0.5, 0.6) is 0 Å². The molecule has 0 saturated heterocycles.